The second-order valence-corrected chi connectivity index (χ2v) is 9.03. The average Bonchev–Trinajstić information content (AvgIpc) is 2.93. The number of nitrogens with one attached hydrogen (secondary N) is 1. The molecule has 1 unspecified atom stereocenters. The van der Waals surface area contributed by atoms with Gasteiger partial charge >= 0.3 is 0 Å². The number of benzene rings is 1. The first kappa shape index (κ1) is 18.7. The molecule has 0 fully saturated rings. The summed E-state index contributed by atoms with van der Waals surface area (Å²) in [6, 6.07) is 6.07. The van der Waals surface area contributed by atoms with Crippen LogP contribution in [-0.2, 0) is 14.8 Å². The lowest BCUT2D eigenvalue weighted by Gasteiger charge is -2.28. The highest BCUT2D eigenvalue weighted by atomic mass is 32.2. The van der Waals surface area contributed by atoms with Gasteiger partial charge in [-0.05, 0) is 37.8 Å². The molecule has 130 valence electrons. The molecule has 10 heteroatoms. The third kappa shape index (κ3) is 4.46. The van der Waals surface area contributed by atoms with E-state index in [0.717, 1.165) is 20.5 Å². The van der Waals surface area contributed by atoms with E-state index in [1.165, 1.54) is 30.0 Å². The topological polar surface area (TPSA) is 92.3 Å². The fourth-order valence-electron chi connectivity index (χ4n) is 2.13. The summed E-state index contributed by atoms with van der Waals surface area (Å²) in [5.74, 6) is -0.467. The number of carbonyl (C=O) groups is 1. The molecule has 24 heavy (non-hydrogen) atoms. The summed E-state index contributed by atoms with van der Waals surface area (Å²) < 4.78 is 26.2. The Hall–Kier alpha value is -1.65. The maximum atomic E-state index is 12.5. The second kappa shape index (κ2) is 7.49. The molecule has 0 aliphatic rings. The van der Waals surface area contributed by atoms with Crippen LogP contribution < -0.4 is 9.62 Å². The van der Waals surface area contributed by atoms with Crippen LogP contribution in [0.15, 0.2) is 28.6 Å². The molecule has 7 nitrogen and oxygen atoms in total. The molecule has 0 bridgehead atoms. The van der Waals surface area contributed by atoms with E-state index >= 15 is 0 Å². The fourth-order valence-corrected chi connectivity index (χ4v) is 4.47. The molecule has 0 radical (unpaired) electrons. The summed E-state index contributed by atoms with van der Waals surface area (Å²) in [5.41, 5.74) is 1.35. The van der Waals surface area contributed by atoms with Gasteiger partial charge in [-0.1, -0.05) is 35.2 Å². The highest BCUT2D eigenvalue weighted by Gasteiger charge is 2.29. The van der Waals surface area contributed by atoms with Crippen LogP contribution in [0.4, 0.5) is 10.8 Å². The van der Waals surface area contributed by atoms with E-state index in [2.05, 4.69) is 15.5 Å². The van der Waals surface area contributed by atoms with Gasteiger partial charge in [-0.3, -0.25) is 14.4 Å². The standard InChI is InChI=1S/C14H18N4O3S3/c1-9-6-5-7-11(8-9)18(24(4,20)21)10(2)12(19)15-13-16-17-14(22-3)23-13/h5-8,10H,1-4H3,(H,15,16,19). The van der Waals surface area contributed by atoms with Crippen molar-refractivity contribution in [2.24, 2.45) is 0 Å². The molecule has 0 saturated carbocycles. The third-order valence-corrected chi connectivity index (χ3v) is 6.21. The predicted molar refractivity (Wildman–Crippen MR) is 98.3 cm³/mol. The minimum Gasteiger partial charge on any atom is -0.299 e. The summed E-state index contributed by atoms with van der Waals surface area (Å²) in [7, 11) is -3.63. The van der Waals surface area contributed by atoms with Crippen molar-refractivity contribution < 1.29 is 13.2 Å². The maximum absolute atomic E-state index is 12.5. The SMILES string of the molecule is CSc1nnc(NC(=O)C(C)N(c2cccc(C)c2)S(C)(=O)=O)s1. The predicted octanol–water partition coefficient (Wildman–Crippen LogP) is 2.36. The minimum atomic E-state index is -3.63. The number of nitrogens with zero attached hydrogens (tertiary/aromatic N) is 3. The first-order chi connectivity index (χ1) is 11.2. The van der Waals surface area contributed by atoms with Crippen LogP contribution in [0.3, 0.4) is 0 Å². The van der Waals surface area contributed by atoms with Gasteiger partial charge in [0.1, 0.15) is 6.04 Å². The Morgan fingerprint density at radius 2 is 2.08 bits per heavy atom. The molecular formula is C14H18N4O3S3. The second-order valence-electron chi connectivity index (χ2n) is 5.14. The highest BCUT2D eigenvalue weighted by Crippen LogP contribution is 2.25. The lowest BCUT2D eigenvalue weighted by Crippen LogP contribution is -2.45. The van der Waals surface area contributed by atoms with Crippen LogP contribution >= 0.6 is 23.1 Å². The average molecular weight is 387 g/mol. The van der Waals surface area contributed by atoms with Crippen molar-refractivity contribution in [2.45, 2.75) is 24.2 Å². The van der Waals surface area contributed by atoms with E-state index in [0.29, 0.717) is 10.8 Å². The smallest absolute Gasteiger partial charge is 0.249 e. The van der Waals surface area contributed by atoms with Gasteiger partial charge in [0, 0.05) is 0 Å². The Labute approximate surface area is 149 Å². The van der Waals surface area contributed by atoms with Gasteiger partial charge in [-0.15, -0.1) is 10.2 Å². The van der Waals surface area contributed by atoms with Crippen LogP contribution in [0, 0.1) is 6.92 Å². The normalized spacial score (nSPS) is 12.7. The van der Waals surface area contributed by atoms with Crippen LogP contribution in [0.2, 0.25) is 0 Å². The van der Waals surface area contributed by atoms with E-state index in [9.17, 15) is 13.2 Å². The Morgan fingerprint density at radius 3 is 2.62 bits per heavy atom. The molecule has 2 aromatic rings. The molecule has 1 atom stereocenters. The van der Waals surface area contributed by atoms with Crippen molar-refractivity contribution >= 4 is 49.8 Å². The molecule has 1 amide bonds. The summed E-state index contributed by atoms with van der Waals surface area (Å²) in [6.45, 7) is 3.40. The molecule has 0 spiro atoms. The number of carbonyl (C=O) groups excluding carboxylic acids is 1. The molecule has 0 aliphatic heterocycles. The van der Waals surface area contributed by atoms with Crippen molar-refractivity contribution in [1.82, 2.24) is 10.2 Å². The van der Waals surface area contributed by atoms with Gasteiger partial charge in [-0.25, -0.2) is 8.42 Å². The van der Waals surface area contributed by atoms with E-state index in [1.54, 1.807) is 18.2 Å². The summed E-state index contributed by atoms with van der Waals surface area (Å²) in [5, 5.41) is 10.7. The largest absolute Gasteiger partial charge is 0.299 e. The number of amides is 1. The highest BCUT2D eigenvalue weighted by molar-refractivity contribution is 8.00. The molecule has 1 N–H and O–H groups in total. The number of hydrogen-bond acceptors (Lipinski definition) is 7. The third-order valence-electron chi connectivity index (χ3n) is 3.16. The molecule has 0 aliphatic carbocycles. The number of aromatic nitrogens is 2. The number of rotatable bonds is 6. The molecule has 1 aromatic carbocycles. The van der Waals surface area contributed by atoms with E-state index in [4.69, 9.17) is 0 Å². The minimum absolute atomic E-state index is 0.342. The van der Waals surface area contributed by atoms with Gasteiger partial charge in [0.25, 0.3) is 0 Å². The van der Waals surface area contributed by atoms with Crippen LogP contribution in [0.25, 0.3) is 0 Å². The first-order valence-corrected chi connectivity index (χ1v) is 10.9. The van der Waals surface area contributed by atoms with Crippen molar-refractivity contribution in [3.05, 3.63) is 29.8 Å². The molecular weight excluding hydrogens is 368 g/mol. The van der Waals surface area contributed by atoms with Gasteiger partial charge in [0.05, 0.1) is 11.9 Å². The van der Waals surface area contributed by atoms with E-state index in [1.807, 2.05) is 19.2 Å². The van der Waals surface area contributed by atoms with Crippen molar-refractivity contribution in [1.29, 1.82) is 0 Å². The zero-order valence-corrected chi connectivity index (χ0v) is 16.1. The van der Waals surface area contributed by atoms with Crippen molar-refractivity contribution in [3.8, 4) is 0 Å². The number of hydrogen-bond donors (Lipinski definition) is 1. The van der Waals surface area contributed by atoms with Gasteiger partial charge < -0.3 is 0 Å². The fraction of sp³-hybridized carbons (Fsp3) is 0.357. The molecule has 0 saturated heterocycles. The lowest BCUT2D eigenvalue weighted by atomic mass is 10.2. The number of anilines is 2. The van der Waals surface area contributed by atoms with Gasteiger partial charge in [0.2, 0.25) is 21.1 Å². The summed E-state index contributed by atoms with van der Waals surface area (Å²) in [4.78, 5) is 12.5. The molecule has 1 heterocycles. The Kier molecular flexibility index (Phi) is 5.83. The zero-order chi connectivity index (χ0) is 17.9. The van der Waals surface area contributed by atoms with Crippen LogP contribution in [0.5, 0.6) is 0 Å². The van der Waals surface area contributed by atoms with Gasteiger partial charge in [-0.2, -0.15) is 0 Å². The van der Waals surface area contributed by atoms with Crippen LogP contribution in [-0.4, -0.2) is 43.1 Å². The Balaban J connectivity index is 2.27. The number of sulfonamides is 1. The Bertz CT molecular complexity index is 835. The molecule has 2 rings (SSSR count). The zero-order valence-electron chi connectivity index (χ0n) is 13.7. The maximum Gasteiger partial charge on any atom is 0.249 e. The van der Waals surface area contributed by atoms with E-state index in [-0.39, 0.29) is 0 Å². The lowest BCUT2D eigenvalue weighted by molar-refractivity contribution is -0.116. The quantitative estimate of drug-likeness (QED) is 0.605. The first-order valence-electron chi connectivity index (χ1n) is 6.97. The Morgan fingerprint density at radius 1 is 1.38 bits per heavy atom. The number of thioether (sulfide) groups is 1. The summed E-state index contributed by atoms with van der Waals surface area (Å²) >= 11 is 2.66. The van der Waals surface area contributed by atoms with Crippen molar-refractivity contribution in [2.75, 3.05) is 22.1 Å². The van der Waals surface area contributed by atoms with Crippen LogP contribution in [0.1, 0.15) is 12.5 Å². The number of aryl methyl sites for hydroxylation is 1. The monoisotopic (exact) mass is 386 g/mol. The van der Waals surface area contributed by atoms with Crippen molar-refractivity contribution in [3.63, 3.8) is 0 Å². The van der Waals surface area contributed by atoms with E-state index < -0.39 is 22.0 Å². The summed E-state index contributed by atoms with van der Waals surface area (Å²) in [6.07, 6.45) is 2.94. The van der Waals surface area contributed by atoms with Gasteiger partial charge in [0.15, 0.2) is 4.34 Å². The molecule has 1 aromatic heterocycles.